The number of carbonyl (C=O) groups excluding carboxylic acids is 1. The fraction of sp³-hybridized carbons (Fsp3) is 0.846. The van der Waals surface area contributed by atoms with Gasteiger partial charge < -0.3 is 20.2 Å². The molecule has 0 aromatic rings. The summed E-state index contributed by atoms with van der Waals surface area (Å²) in [6, 6.07) is -1.22. The maximum absolute atomic E-state index is 12.7. The average molecular weight is 344 g/mol. The van der Waals surface area contributed by atoms with Gasteiger partial charge in [-0.25, -0.2) is 17.9 Å². The van der Waals surface area contributed by atoms with Gasteiger partial charge in [0.1, 0.15) is 6.04 Å². The molecule has 5 fully saturated rings. The van der Waals surface area contributed by atoms with Crippen LogP contribution in [0.2, 0.25) is 0 Å². The number of hydrogen-bond donors (Lipinski definition) is 3. The van der Waals surface area contributed by atoms with Crippen LogP contribution in [0.25, 0.3) is 0 Å². The molecule has 3 aliphatic carbocycles. The largest absolute Gasteiger partial charge is 0.480 e. The molecule has 3 saturated carbocycles. The van der Waals surface area contributed by atoms with Gasteiger partial charge in [0.15, 0.2) is 0 Å². The van der Waals surface area contributed by atoms with Crippen LogP contribution in [0.15, 0.2) is 0 Å². The van der Waals surface area contributed by atoms with Gasteiger partial charge in [0.05, 0.1) is 17.8 Å². The number of urea groups is 1. The minimum Gasteiger partial charge on any atom is -0.480 e. The SMILES string of the molecule is CS(=O)(=O)NC12CC(N3C[C@@H]4[C@@H](C(=O)O)NCCN4C3=O)(C1)C2. The minimum absolute atomic E-state index is 0.115. The first kappa shape index (κ1) is 15.2. The number of nitrogens with one attached hydrogen (secondary N) is 2. The molecule has 2 heterocycles. The minimum atomic E-state index is -3.26. The Balaban J connectivity index is 1.49. The normalized spacial score (nSPS) is 42.0. The number of fused-ring (bicyclic) bond motifs is 1. The first-order chi connectivity index (χ1) is 10.6. The van der Waals surface area contributed by atoms with Crippen molar-refractivity contribution in [2.45, 2.75) is 42.4 Å². The third-order valence-electron chi connectivity index (χ3n) is 5.59. The van der Waals surface area contributed by atoms with Crippen molar-refractivity contribution >= 4 is 22.0 Å². The summed E-state index contributed by atoms with van der Waals surface area (Å²) in [5.74, 6) is -0.942. The molecule has 128 valence electrons. The Hall–Kier alpha value is -1.39. The van der Waals surface area contributed by atoms with Crippen molar-refractivity contribution in [2.24, 2.45) is 0 Å². The van der Waals surface area contributed by atoms with Gasteiger partial charge in [-0.1, -0.05) is 0 Å². The van der Waals surface area contributed by atoms with Crippen LogP contribution in [-0.2, 0) is 14.8 Å². The third-order valence-corrected chi connectivity index (χ3v) is 6.39. The molecule has 2 saturated heterocycles. The number of aliphatic carboxylic acids is 1. The van der Waals surface area contributed by atoms with E-state index in [4.69, 9.17) is 0 Å². The predicted octanol–water partition coefficient (Wildman–Crippen LogP) is -1.63. The first-order valence-corrected chi connectivity index (χ1v) is 9.57. The zero-order valence-electron chi connectivity index (χ0n) is 12.8. The summed E-state index contributed by atoms with van der Waals surface area (Å²) in [7, 11) is -3.26. The Morgan fingerprint density at radius 3 is 2.61 bits per heavy atom. The van der Waals surface area contributed by atoms with Crippen LogP contribution >= 0.6 is 0 Å². The molecule has 0 aromatic heterocycles. The lowest BCUT2D eigenvalue weighted by Gasteiger charge is -2.72. The van der Waals surface area contributed by atoms with Gasteiger partial charge in [-0.15, -0.1) is 0 Å². The maximum Gasteiger partial charge on any atom is 0.322 e. The molecule has 3 N–H and O–H groups in total. The van der Waals surface area contributed by atoms with E-state index in [-0.39, 0.29) is 17.6 Å². The monoisotopic (exact) mass is 344 g/mol. The molecule has 10 heteroatoms. The number of carbonyl (C=O) groups is 2. The van der Waals surface area contributed by atoms with Crippen molar-refractivity contribution in [3.63, 3.8) is 0 Å². The first-order valence-electron chi connectivity index (χ1n) is 7.68. The van der Waals surface area contributed by atoms with Crippen LogP contribution in [-0.4, -0.2) is 84.4 Å². The van der Waals surface area contributed by atoms with E-state index in [0.717, 1.165) is 6.26 Å². The Morgan fingerprint density at radius 1 is 1.39 bits per heavy atom. The van der Waals surface area contributed by atoms with Crippen molar-refractivity contribution in [3.8, 4) is 0 Å². The summed E-state index contributed by atoms with van der Waals surface area (Å²) >= 11 is 0. The Kier molecular flexibility index (Phi) is 2.88. The zero-order chi connectivity index (χ0) is 16.6. The number of sulfonamides is 1. The molecule has 9 nitrogen and oxygen atoms in total. The van der Waals surface area contributed by atoms with Crippen molar-refractivity contribution in [2.75, 3.05) is 25.9 Å². The molecule has 2 amide bonds. The average Bonchev–Trinajstić information content (AvgIpc) is 2.68. The second-order valence-electron chi connectivity index (χ2n) is 7.33. The van der Waals surface area contributed by atoms with Crippen LogP contribution in [0.1, 0.15) is 19.3 Å². The smallest absolute Gasteiger partial charge is 0.322 e. The molecule has 5 rings (SSSR count). The fourth-order valence-electron chi connectivity index (χ4n) is 4.85. The van der Waals surface area contributed by atoms with Crippen molar-refractivity contribution in [1.29, 1.82) is 0 Å². The molecule has 2 bridgehead atoms. The van der Waals surface area contributed by atoms with Gasteiger partial charge in [0.25, 0.3) is 0 Å². The zero-order valence-corrected chi connectivity index (χ0v) is 13.6. The lowest BCUT2D eigenvalue weighted by atomic mass is 9.44. The van der Waals surface area contributed by atoms with E-state index in [2.05, 4.69) is 10.0 Å². The molecule has 23 heavy (non-hydrogen) atoms. The van der Waals surface area contributed by atoms with E-state index in [0.29, 0.717) is 38.9 Å². The molecule has 0 unspecified atom stereocenters. The van der Waals surface area contributed by atoms with Gasteiger partial charge in [0, 0.05) is 25.2 Å². The summed E-state index contributed by atoms with van der Waals surface area (Å²) in [4.78, 5) is 27.4. The molecule has 2 aliphatic heterocycles. The fourth-order valence-corrected chi connectivity index (χ4v) is 5.86. The summed E-state index contributed by atoms with van der Waals surface area (Å²) in [5.41, 5.74) is -0.698. The summed E-state index contributed by atoms with van der Waals surface area (Å²) < 4.78 is 25.5. The highest BCUT2D eigenvalue weighted by Gasteiger charge is 2.73. The van der Waals surface area contributed by atoms with Gasteiger partial charge in [-0.05, 0) is 19.3 Å². The maximum atomic E-state index is 12.7. The quantitative estimate of drug-likeness (QED) is 0.564. The summed E-state index contributed by atoms with van der Waals surface area (Å²) in [5, 5.41) is 12.3. The number of hydrogen-bond acceptors (Lipinski definition) is 5. The lowest BCUT2D eigenvalue weighted by Crippen LogP contribution is -2.83. The number of amides is 2. The van der Waals surface area contributed by atoms with E-state index >= 15 is 0 Å². The molecular weight excluding hydrogens is 324 g/mol. The Morgan fingerprint density at radius 2 is 2.04 bits per heavy atom. The third kappa shape index (κ3) is 2.08. The van der Waals surface area contributed by atoms with E-state index in [1.54, 1.807) is 9.80 Å². The predicted molar refractivity (Wildman–Crippen MR) is 79.3 cm³/mol. The van der Waals surface area contributed by atoms with Crippen molar-refractivity contribution in [3.05, 3.63) is 0 Å². The molecular formula is C13H20N4O5S. The molecule has 2 atom stereocenters. The number of nitrogens with zero attached hydrogens (tertiary/aromatic N) is 2. The van der Waals surface area contributed by atoms with Crippen LogP contribution in [0.4, 0.5) is 4.79 Å². The van der Waals surface area contributed by atoms with E-state index in [9.17, 15) is 23.1 Å². The van der Waals surface area contributed by atoms with E-state index in [1.807, 2.05) is 0 Å². The highest BCUT2D eigenvalue weighted by Crippen LogP contribution is 2.64. The molecule has 0 spiro atoms. The van der Waals surface area contributed by atoms with Gasteiger partial charge >= 0.3 is 12.0 Å². The standard InChI is InChI=1S/C13H20N4O5S/c1-23(21,22)15-12-5-13(6-12,7-12)17-4-8-9(10(18)19)14-2-3-16(8)11(17)20/h8-9,14-15H,2-7H2,1H3,(H,18,19)/t8-,9+,12?,13?/m1/s1. The Labute approximate surface area is 134 Å². The topological polar surface area (TPSA) is 119 Å². The van der Waals surface area contributed by atoms with Gasteiger partial charge in [0.2, 0.25) is 10.0 Å². The molecule has 0 radical (unpaired) electrons. The summed E-state index contributed by atoms with van der Waals surface area (Å²) in [6.45, 7) is 1.37. The van der Waals surface area contributed by atoms with Gasteiger partial charge in [-0.3, -0.25) is 4.79 Å². The number of carboxylic acids is 1. The van der Waals surface area contributed by atoms with E-state index in [1.165, 1.54) is 0 Å². The molecule has 5 aliphatic rings. The summed E-state index contributed by atoms with van der Waals surface area (Å²) in [6.07, 6.45) is 2.99. The van der Waals surface area contributed by atoms with Crippen molar-refractivity contribution < 1.29 is 23.1 Å². The number of piperazine rings is 1. The second-order valence-corrected chi connectivity index (χ2v) is 9.08. The number of rotatable bonds is 4. The van der Waals surface area contributed by atoms with Crippen molar-refractivity contribution in [1.82, 2.24) is 19.8 Å². The lowest BCUT2D eigenvalue weighted by molar-refractivity contribution is -0.147. The van der Waals surface area contributed by atoms with Crippen LogP contribution in [0.3, 0.4) is 0 Å². The highest BCUT2D eigenvalue weighted by atomic mass is 32.2. The van der Waals surface area contributed by atoms with Crippen LogP contribution in [0.5, 0.6) is 0 Å². The molecule has 0 aromatic carbocycles. The van der Waals surface area contributed by atoms with Gasteiger partial charge in [-0.2, -0.15) is 0 Å². The van der Waals surface area contributed by atoms with Crippen LogP contribution in [0, 0.1) is 0 Å². The van der Waals surface area contributed by atoms with Crippen LogP contribution < -0.4 is 10.0 Å². The highest BCUT2D eigenvalue weighted by molar-refractivity contribution is 7.88. The number of carboxylic acid groups (broad SMARTS) is 1. The second kappa shape index (κ2) is 4.37. The Bertz CT molecular complexity index is 673. The van der Waals surface area contributed by atoms with E-state index < -0.39 is 27.6 Å².